The van der Waals surface area contributed by atoms with Crippen LogP contribution in [0.2, 0.25) is 15.3 Å². The molecule has 0 atom stereocenters. The van der Waals surface area contributed by atoms with Crippen molar-refractivity contribution in [3.05, 3.63) is 51.2 Å². The molecule has 0 aliphatic rings. The lowest BCUT2D eigenvalue weighted by Crippen LogP contribution is -2.13. The minimum Gasteiger partial charge on any atom is -0.317 e. The largest absolute Gasteiger partial charge is 0.317 e. The van der Waals surface area contributed by atoms with E-state index in [4.69, 9.17) is 34.8 Å². The van der Waals surface area contributed by atoms with Crippen molar-refractivity contribution in [3.63, 3.8) is 0 Å². The molecule has 0 unspecified atom stereocenters. The highest BCUT2D eigenvalue weighted by Crippen LogP contribution is 2.26. The lowest BCUT2D eigenvalue weighted by molar-refractivity contribution is 0.102. The molecule has 2 aromatic rings. The Balaban J connectivity index is 2.28. The smallest absolute Gasteiger partial charge is 0.255 e. The van der Waals surface area contributed by atoms with Crippen molar-refractivity contribution in [2.24, 2.45) is 0 Å². The molecule has 98 valence electrons. The van der Waals surface area contributed by atoms with Crippen LogP contribution in [0.5, 0.6) is 0 Å². The maximum Gasteiger partial charge on any atom is 0.255 e. The van der Waals surface area contributed by atoms with Crippen LogP contribution in [0, 0.1) is 5.82 Å². The molecule has 1 amide bonds. The molecule has 0 saturated carbocycles. The second-order valence-corrected chi connectivity index (χ2v) is 4.54. The zero-order chi connectivity index (χ0) is 14.0. The van der Waals surface area contributed by atoms with E-state index in [-0.39, 0.29) is 26.6 Å². The van der Waals surface area contributed by atoms with Crippen molar-refractivity contribution in [1.82, 2.24) is 9.97 Å². The number of nitrogens with zero attached hydrogens (tertiary/aromatic N) is 2. The molecule has 0 spiro atoms. The van der Waals surface area contributed by atoms with Crippen LogP contribution in [-0.2, 0) is 0 Å². The Hall–Kier alpha value is -1.43. The summed E-state index contributed by atoms with van der Waals surface area (Å²) in [6.45, 7) is 0. The van der Waals surface area contributed by atoms with Gasteiger partial charge in [0.2, 0.25) is 0 Å². The zero-order valence-corrected chi connectivity index (χ0v) is 11.4. The van der Waals surface area contributed by atoms with Gasteiger partial charge in [-0.3, -0.25) is 4.79 Å². The van der Waals surface area contributed by atoms with Crippen molar-refractivity contribution in [2.45, 2.75) is 0 Å². The maximum absolute atomic E-state index is 13.2. The van der Waals surface area contributed by atoms with Gasteiger partial charge in [0.05, 0.1) is 5.02 Å². The Morgan fingerprint density at radius 2 is 1.79 bits per heavy atom. The third kappa shape index (κ3) is 3.12. The van der Waals surface area contributed by atoms with Crippen LogP contribution >= 0.6 is 34.8 Å². The molecule has 0 fully saturated rings. The summed E-state index contributed by atoms with van der Waals surface area (Å²) in [5.74, 6) is -1.30. The molecule has 1 N–H and O–H groups in total. The number of hydrogen-bond acceptors (Lipinski definition) is 3. The summed E-state index contributed by atoms with van der Waals surface area (Å²) in [6.07, 6.45) is 1.16. The first-order valence-corrected chi connectivity index (χ1v) is 6.05. The van der Waals surface area contributed by atoms with E-state index < -0.39 is 11.7 Å². The number of anilines is 1. The molecule has 1 aromatic heterocycles. The van der Waals surface area contributed by atoms with E-state index in [1.165, 1.54) is 12.1 Å². The zero-order valence-electron chi connectivity index (χ0n) is 9.12. The number of benzene rings is 1. The first-order chi connectivity index (χ1) is 8.99. The Morgan fingerprint density at radius 1 is 1.16 bits per heavy atom. The predicted molar refractivity (Wildman–Crippen MR) is 71.4 cm³/mol. The highest BCUT2D eigenvalue weighted by Gasteiger charge is 2.14. The Morgan fingerprint density at radius 3 is 2.37 bits per heavy atom. The molecule has 0 aliphatic carbocycles. The molecule has 8 heteroatoms. The first kappa shape index (κ1) is 14.0. The van der Waals surface area contributed by atoms with Gasteiger partial charge in [-0.25, -0.2) is 14.4 Å². The summed E-state index contributed by atoms with van der Waals surface area (Å²) < 4.78 is 13.2. The van der Waals surface area contributed by atoms with E-state index in [2.05, 4.69) is 15.3 Å². The van der Waals surface area contributed by atoms with Crippen LogP contribution < -0.4 is 5.32 Å². The Labute approximate surface area is 122 Å². The quantitative estimate of drug-likeness (QED) is 0.856. The van der Waals surface area contributed by atoms with Gasteiger partial charge >= 0.3 is 0 Å². The Bertz CT molecular complexity index is 631. The van der Waals surface area contributed by atoms with Gasteiger partial charge in [-0.2, -0.15) is 0 Å². The topological polar surface area (TPSA) is 54.9 Å². The van der Waals surface area contributed by atoms with Gasteiger partial charge in [-0.1, -0.05) is 34.8 Å². The number of carbonyl (C=O) groups excluding carboxylic acids is 1. The minimum absolute atomic E-state index is 0.0113. The summed E-state index contributed by atoms with van der Waals surface area (Å²) in [6, 6.07) is 3.64. The monoisotopic (exact) mass is 319 g/mol. The van der Waals surface area contributed by atoms with Gasteiger partial charge in [-0.15, -0.1) is 0 Å². The van der Waals surface area contributed by atoms with Crippen LogP contribution in [0.25, 0.3) is 0 Å². The average molecular weight is 321 g/mol. The molecule has 0 saturated heterocycles. The van der Waals surface area contributed by atoms with E-state index >= 15 is 0 Å². The number of halogens is 4. The molecule has 1 aromatic carbocycles. The van der Waals surface area contributed by atoms with E-state index in [0.29, 0.717) is 0 Å². The molecular weight excluding hydrogens is 315 g/mol. The van der Waals surface area contributed by atoms with Gasteiger partial charge in [0.15, 0.2) is 10.3 Å². The number of nitrogens with one attached hydrogen (secondary N) is 1. The highest BCUT2D eigenvalue weighted by molar-refractivity contribution is 6.38. The van der Waals surface area contributed by atoms with Crippen molar-refractivity contribution >= 4 is 46.4 Å². The van der Waals surface area contributed by atoms with Gasteiger partial charge in [0.1, 0.15) is 17.8 Å². The van der Waals surface area contributed by atoms with Crippen LogP contribution in [0.15, 0.2) is 24.5 Å². The second-order valence-electron chi connectivity index (χ2n) is 3.41. The van der Waals surface area contributed by atoms with Crippen LogP contribution in [-0.4, -0.2) is 15.9 Å². The van der Waals surface area contributed by atoms with E-state index in [9.17, 15) is 9.18 Å². The average Bonchev–Trinajstić information content (AvgIpc) is 2.37. The molecule has 0 bridgehead atoms. The molecule has 4 nitrogen and oxygen atoms in total. The van der Waals surface area contributed by atoms with Crippen molar-refractivity contribution in [3.8, 4) is 0 Å². The molecule has 0 radical (unpaired) electrons. The van der Waals surface area contributed by atoms with E-state index in [0.717, 1.165) is 12.4 Å². The van der Waals surface area contributed by atoms with E-state index in [1.807, 2.05) is 0 Å². The fourth-order valence-electron chi connectivity index (χ4n) is 1.27. The SMILES string of the molecule is O=C(Nc1c(Cl)ncnc1Cl)c1ccc(Cl)c(F)c1. The summed E-state index contributed by atoms with van der Waals surface area (Å²) in [4.78, 5) is 19.2. The fourth-order valence-corrected chi connectivity index (χ4v) is 1.80. The summed E-state index contributed by atoms with van der Waals surface area (Å²) in [5.41, 5.74) is 0.129. The summed E-state index contributed by atoms with van der Waals surface area (Å²) >= 11 is 17.1. The van der Waals surface area contributed by atoms with Crippen LogP contribution in [0.1, 0.15) is 10.4 Å². The maximum atomic E-state index is 13.2. The fraction of sp³-hybridized carbons (Fsp3) is 0. The van der Waals surface area contributed by atoms with Crippen molar-refractivity contribution in [1.29, 1.82) is 0 Å². The van der Waals surface area contributed by atoms with Gasteiger partial charge < -0.3 is 5.32 Å². The standard InChI is InChI=1S/C11H5Cl3FN3O/c12-6-2-1-5(3-7(6)15)11(19)18-8-9(13)16-4-17-10(8)14/h1-4H,(H,18,19). The number of amides is 1. The summed E-state index contributed by atoms with van der Waals surface area (Å²) in [7, 11) is 0. The van der Waals surface area contributed by atoms with Crippen molar-refractivity contribution < 1.29 is 9.18 Å². The lowest BCUT2D eigenvalue weighted by atomic mass is 10.2. The van der Waals surface area contributed by atoms with Crippen LogP contribution in [0.4, 0.5) is 10.1 Å². The normalized spacial score (nSPS) is 10.3. The van der Waals surface area contributed by atoms with Gasteiger partial charge in [0.25, 0.3) is 5.91 Å². The molecule has 2 rings (SSSR count). The van der Waals surface area contributed by atoms with Crippen LogP contribution in [0.3, 0.4) is 0 Å². The third-order valence-corrected chi connectivity index (χ3v) is 3.05. The Kier molecular flexibility index (Phi) is 4.19. The first-order valence-electron chi connectivity index (χ1n) is 4.91. The predicted octanol–water partition coefficient (Wildman–Crippen LogP) is 3.83. The lowest BCUT2D eigenvalue weighted by Gasteiger charge is -2.07. The molecular formula is C11H5Cl3FN3O. The van der Waals surface area contributed by atoms with E-state index in [1.54, 1.807) is 0 Å². The molecule has 19 heavy (non-hydrogen) atoms. The third-order valence-electron chi connectivity index (χ3n) is 2.18. The number of aromatic nitrogens is 2. The summed E-state index contributed by atoms with van der Waals surface area (Å²) in [5, 5.41) is 2.31. The molecule has 1 heterocycles. The van der Waals surface area contributed by atoms with Gasteiger partial charge in [0, 0.05) is 5.56 Å². The second kappa shape index (κ2) is 5.69. The minimum atomic E-state index is -0.698. The van der Waals surface area contributed by atoms with Gasteiger partial charge in [-0.05, 0) is 18.2 Å². The number of hydrogen-bond donors (Lipinski definition) is 1. The number of carbonyl (C=O) groups is 1. The van der Waals surface area contributed by atoms with Crippen molar-refractivity contribution in [2.75, 3.05) is 5.32 Å². The molecule has 0 aliphatic heterocycles. The number of rotatable bonds is 2. The highest BCUT2D eigenvalue weighted by atomic mass is 35.5.